The van der Waals surface area contributed by atoms with E-state index in [0.717, 1.165) is 5.56 Å². The summed E-state index contributed by atoms with van der Waals surface area (Å²) in [5, 5.41) is 11.7. The van der Waals surface area contributed by atoms with Crippen LogP contribution >= 0.6 is 0 Å². The third-order valence-electron chi connectivity index (χ3n) is 3.65. The summed E-state index contributed by atoms with van der Waals surface area (Å²) < 4.78 is 10.4. The van der Waals surface area contributed by atoms with Crippen LogP contribution in [0, 0.1) is 0 Å². The van der Waals surface area contributed by atoms with Crippen LogP contribution in [0.1, 0.15) is 12.0 Å². The Labute approximate surface area is 128 Å². The third-order valence-corrected chi connectivity index (χ3v) is 3.65. The summed E-state index contributed by atoms with van der Waals surface area (Å²) in [6.45, 7) is 0.784. The van der Waals surface area contributed by atoms with Gasteiger partial charge in [0, 0.05) is 13.7 Å². The van der Waals surface area contributed by atoms with Crippen molar-refractivity contribution in [2.45, 2.75) is 25.2 Å². The van der Waals surface area contributed by atoms with Gasteiger partial charge in [-0.1, -0.05) is 30.3 Å². The molecule has 1 aliphatic rings. The molecule has 1 heterocycles. The molecule has 0 bridgehead atoms. The average molecular weight is 308 g/mol. The molecule has 2 atom stereocenters. The minimum Gasteiger partial charge on any atom is -0.465 e. The molecule has 1 aromatic rings. The van der Waals surface area contributed by atoms with Crippen molar-refractivity contribution in [1.82, 2.24) is 10.2 Å². The van der Waals surface area contributed by atoms with E-state index in [1.54, 1.807) is 0 Å². The molecule has 1 aliphatic heterocycles. The van der Waals surface area contributed by atoms with E-state index in [2.05, 4.69) is 5.32 Å². The third kappa shape index (κ3) is 4.36. The van der Waals surface area contributed by atoms with Crippen LogP contribution < -0.4 is 5.32 Å². The standard InChI is InChI=1S/C15H20N2O5/c1-21-13-9-17(15(19)20)8-7-12(13)16-14(18)22-10-11-5-3-2-4-6-11/h2-6,12-13H,7-10H2,1H3,(H,16,18)(H,19,20). The zero-order valence-corrected chi connectivity index (χ0v) is 12.4. The molecule has 2 rings (SSSR count). The van der Waals surface area contributed by atoms with Crippen molar-refractivity contribution in [3.8, 4) is 0 Å². The number of likely N-dealkylation sites (tertiary alicyclic amines) is 1. The maximum Gasteiger partial charge on any atom is 0.407 e. The number of methoxy groups -OCH3 is 1. The van der Waals surface area contributed by atoms with Gasteiger partial charge in [0.25, 0.3) is 0 Å². The molecule has 0 spiro atoms. The second-order valence-electron chi connectivity index (χ2n) is 5.10. The number of amides is 2. The van der Waals surface area contributed by atoms with Crippen molar-refractivity contribution in [3.05, 3.63) is 35.9 Å². The van der Waals surface area contributed by atoms with Crippen molar-refractivity contribution >= 4 is 12.2 Å². The van der Waals surface area contributed by atoms with Crippen molar-refractivity contribution in [1.29, 1.82) is 0 Å². The molecule has 120 valence electrons. The molecule has 7 heteroatoms. The van der Waals surface area contributed by atoms with Crippen LogP contribution in [0.5, 0.6) is 0 Å². The summed E-state index contributed by atoms with van der Waals surface area (Å²) in [5.41, 5.74) is 0.904. The summed E-state index contributed by atoms with van der Waals surface area (Å²) in [6, 6.07) is 9.12. The molecule has 0 saturated carbocycles. The highest BCUT2D eigenvalue weighted by atomic mass is 16.5. The van der Waals surface area contributed by atoms with Gasteiger partial charge in [0.2, 0.25) is 0 Å². The summed E-state index contributed by atoms with van der Waals surface area (Å²) in [7, 11) is 1.50. The van der Waals surface area contributed by atoms with Gasteiger partial charge in [-0.3, -0.25) is 0 Å². The molecule has 2 unspecified atom stereocenters. The lowest BCUT2D eigenvalue weighted by Crippen LogP contribution is -2.55. The highest BCUT2D eigenvalue weighted by Crippen LogP contribution is 2.14. The largest absolute Gasteiger partial charge is 0.465 e. The number of benzene rings is 1. The zero-order chi connectivity index (χ0) is 15.9. The highest BCUT2D eigenvalue weighted by Gasteiger charge is 2.32. The van der Waals surface area contributed by atoms with Crippen molar-refractivity contribution in [2.75, 3.05) is 20.2 Å². The molecule has 2 amide bonds. The molecule has 0 aromatic heterocycles. The molecule has 1 saturated heterocycles. The minimum atomic E-state index is -0.979. The number of nitrogens with one attached hydrogen (secondary N) is 1. The quantitative estimate of drug-likeness (QED) is 0.883. The zero-order valence-electron chi connectivity index (χ0n) is 12.4. The van der Waals surface area contributed by atoms with E-state index in [1.807, 2.05) is 30.3 Å². The van der Waals surface area contributed by atoms with Gasteiger partial charge in [0.05, 0.1) is 18.7 Å². The number of carbonyl (C=O) groups excluding carboxylic acids is 1. The number of hydrogen-bond acceptors (Lipinski definition) is 4. The monoisotopic (exact) mass is 308 g/mol. The topological polar surface area (TPSA) is 88.1 Å². The molecule has 22 heavy (non-hydrogen) atoms. The Morgan fingerprint density at radius 2 is 2.09 bits per heavy atom. The second kappa shape index (κ2) is 7.65. The van der Waals surface area contributed by atoms with Gasteiger partial charge < -0.3 is 24.8 Å². The molecule has 0 radical (unpaired) electrons. The van der Waals surface area contributed by atoms with Crippen LogP contribution in [0.2, 0.25) is 0 Å². The van der Waals surface area contributed by atoms with Crippen LogP contribution in [0.4, 0.5) is 9.59 Å². The minimum absolute atomic E-state index is 0.193. The van der Waals surface area contributed by atoms with Crippen molar-refractivity contribution < 1.29 is 24.2 Å². The van der Waals surface area contributed by atoms with Gasteiger partial charge >= 0.3 is 12.2 Å². The van der Waals surface area contributed by atoms with E-state index < -0.39 is 12.2 Å². The van der Waals surface area contributed by atoms with Gasteiger partial charge in [0.15, 0.2) is 0 Å². The first kappa shape index (κ1) is 16.1. The average Bonchev–Trinajstić information content (AvgIpc) is 2.54. The number of piperidine rings is 1. The first-order valence-electron chi connectivity index (χ1n) is 7.08. The first-order chi connectivity index (χ1) is 10.6. The molecule has 7 nitrogen and oxygen atoms in total. The SMILES string of the molecule is COC1CN(C(=O)O)CCC1NC(=O)OCc1ccccc1. The summed E-state index contributed by atoms with van der Waals surface area (Å²) in [6.07, 6.45) is -1.40. The Hall–Kier alpha value is -2.28. The predicted molar refractivity (Wildman–Crippen MR) is 78.6 cm³/mol. The molecule has 1 aromatic carbocycles. The number of carboxylic acid groups (broad SMARTS) is 1. The van der Waals surface area contributed by atoms with Gasteiger partial charge in [-0.05, 0) is 12.0 Å². The fraction of sp³-hybridized carbons (Fsp3) is 0.467. The first-order valence-corrected chi connectivity index (χ1v) is 7.08. The second-order valence-corrected chi connectivity index (χ2v) is 5.10. The Bertz CT molecular complexity index is 508. The molecule has 2 N–H and O–H groups in total. The number of carbonyl (C=O) groups is 2. The van der Waals surface area contributed by atoms with Gasteiger partial charge in [0.1, 0.15) is 6.61 Å². The van der Waals surface area contributed by atoms with E-state index in [0.29, 0.717) is 13.0 Å². The Morgan fingerprint density at radius 3 is 2.73 bits per heavy atom. The van der Waals surface area contributed by atoms with Crippen LogP contribution in [0.15, 0.2) is 30.3 Å². The van der Waals surface area contributed by atoms with Gasteiger partial charge in [-0.15, -0.1) is 0 Å². The molecular weight excluding hydrogens is 288 g/mol. The Kier molecular flexibility index (Phi) is 5.60. The van der Waals surface area contributed by atoms with Gasteiger partial charge in [-0.2, -0.15) is 0 Å². The number of ether oxygens (including phenoxy) is 2. The number of hydrogen-bond donors (Lipinski definition) is 2. The number of alkyl carbamates (subject to hydrolysis) is 1. The maximum absolute atomic E-state index is 11.8. The maximum atomic E-state index is 11.8. The number of nitrogens with zero attached hydrogens (tertiary/aromatic N) is 1. The van der Waals surface area contributed by atoms with Crippen molar-refractivity contribution in [3.63, 3.8) is 0 Å². The van der Waals surface area contributed by atoms with Crippen LogP contribution in [-0.2, 0) is 16.1 Å². The summed E-state index contributed by atoms with van der Waals surface area (Å²) >= 11 is 0. The van der Waals surface area contributed by atoms with Crippen molar-refractivity contribution in [2.24, 2.45) is 0 Å². The lowest BCUT2D eigenvalue weighted by atomic mass is 10.0. The van der Waals surface area contributed by atoms with Gasteiger partial charge in [-0.25, -0.2) is 9.59 Å². The fourth-order valence-corrected chi connectivity index (χ4v) is 2.41. The number of rotatable bonds is 4. The van der Waals surface area contributed by atoms with Crippen LogP contribution in [-0.4, -0.2) is 54.5 Å². The fourth-order valence-electron chi connectivity index (χ4n) is 2.41. The van der Waals surface area contributed by atoms with Crippen LogP contribution in [0.25, 0.3) is 0 Å². The molecule has 1 fully saturated rings. The highest BCUT2D eigenvalue weighted by molar-refractivity contribution is 5.68. The van der Waals surface area contributed by atoms with Crippen LogP contribution in [0.3, 0.4) is 0 Å². The molecular formula is C15H20N2O5. The van der Waals surface area contributed by atoms with E-state index in [4.69, 9.17) is 14.6 Å². The predicted octanol–water partition coefficient (Wildman–Crippen LogP) is 1.68. The molecule has 0 aliphatic carbocycles. The lowest BCUT2D eigenvalue weighted by molar-refractivity contribution is 0.00870. The lowest BCUT2D eigenvalue weighted by Gasteiger charge is -2.36. The van der Waals surface area contributed by atoms with E-state index in [9.17, 15) is 9.59 Å². The summed E-state index contributed by atoms with van der Waals surface area (Å²) in [4.78, 5) is 24.1. The smallest absolute Gasteiger partial charge is 0.407 e. The van der Waals surface area contributed by atoms with E-state index >= 15 is 0 Å². The Balaban J connectivity index is 1.81. The normalized spacial score (nSPS) is 21.2. The van der Waals surface area contributed by atoms with E-state index in [-0.39, 0.29) is 25.3 Å². The van der Waals surface area contributed by atoms with E-state index in [1.165, 1.54) is 12.0 Å². The summed E-state index contributed by atoms with van der Waals surface area (Å²) in [5.74, 6) is 0. The Morgan fingerprint density at radius 1 is 1.36 bits per heavy atom.